The first-order valence-corrected chi connectivity index (χ1v) is 7.09. The number of nitrogens with one attached hydrogen (secondary N) is 1. The molecule has 5 heteroatoms. The summed E-state index contributed by atoms with van der Waals surface area (Å²) < 4.78 is 10.7. The van der Waals surface area contributed by atoms with Crippen molar-refractivity contribution in [1.82, 2.24) is 9.97 Å². The van der Waals surface area contributed by atoms with Crippen molar-refractivity contribution in [3.63, 3.8) is 0 Å². The number of rotatable bonds is 7. The van der Waals surface area contributed by atoms with Crippen LogP contribution in [0.1, 0.15) is 31.9 Å². The van der Waals surface area contributed by atoms with Gasteiger partial charge in [0.1, 0.15) is 5.75 Å². The lowest BCUT2D eigenvalue weighted by Crippen LogP contribution is -2.10. The minimum absolute atomic E-state index is 0.0948. The molecule has 1 aromatic carbocycles. The van der Waals surface area contributed by atoms with Crippen LogP contribution in [0.3, 0.4) is 0 Å². The average molecular weight is 287 g/mol. The summed E-state index contributed by atoms with van der Waals surface area (Å²) in [6, 6.07) is 9.78. The third-order valence-corrected chi connectivity index (χ3v) is 3.05. The first-order valence-electron chi connectivity index (χ1n) is 7.09. The van der Waals surface area contributed by atoms with Gasteiger partial charge in [0, 0.05) is 12.3 Å². The molecule has 0 spiro atoms. The normalized spacial score (nSPS) is 11.8. The minimum Gasteiger partial charge on any atom is -0.497 e. The first-order chi connectivity index (χ1) is 10.2. The molecule has 0 aliphatic rings. The summed E-state index contributed by atoms with van der Waals surface area (Å²) in [5, 5.41) is 3.27. The number of benzene rings is 1. The van der Waals surface area contributed by atoms with E-state index in [1.165, 1.54) is 0 Å². The van der Waals surface area contributed by atoms with Gasteiger partial charge in [0.2, 0.25) is 11.8 Å². The van der Waals surface area contributed by atoms with Crippen LogP contribution in [-0.2, 0) is 0 Å². The summed E-state index contributed by atoms with van der Waals surface area (Å²) in [5.41, 5.74) is 1.14. The molecule has 2 aromatic rings. The molecule has 0 aliphatic carbocycles. The number of hydrogen-bond donors (Lipinski definition) is 1. The topological polar surface area (TPSA) is 56.3 Å². The van der Waals surface area contributed by atoms with Gasteiger partial charge < -0.3 is 14.8 Å². The van der Waals surface area contributed by atoms with E-state index < -0.39 is 0 Å². The molecule has 2 rings (SSSR count). The Bertz CT molecular complexity index is 558. The summed E-state index contributed by atoms with van der Waals surface area (Å²) in [7, 11) is 1.66. The van der Waals surface area contributed by atoms with Gasteiger partial charge in [-0.15, -0.1) is 0 Å². The predicted octanol–water partition coefficient (Wildman–Crippen LogP) is 3.45. The molecule has 5 nitrogen and oxygen atoms in total. The second kappa shape index (κ2) is 7.47. The zero-order valence-corrected chi connectivity index (χ0v) is 12.7. The fraction of sp³-hybridized carbons (Fsp3) is 0.375. The summed E-state index contributed by atoms with van der Waals surface area (Å²) in [4.78, 5) is 8.56. The molecule has 0 saturated carbocycles. The van der Waals surface area contributed by atoms with Crippen LogP contribution in [0.15, 0.2) is 36.5 Å². The standard InChI is InChI=1S/C16H21N3O2/c1-4-11-21-15-9-10-17-16(19-15)18-12(2)13-5-7-14(20-3)8-6-13/h5-10,12H,4,11H2,1-3H3,(H,17,18,19). The number of nitrogens with zero attached hydrogens (tertiary/aromatic N) is 2. The van der Waals surface area contributed by atoms with Gasteiger partial charge in [0.05, 0.1) is 19.8 Å². The molecule has 0 amide bonds. The Morgan fingerprint density at radius 1 is 1.19 bits per heavy atom. The molecule has 1 aromatic heterocycles. The molecule has 21 heavy (non-hydrogen) atoms. The summed E-state index contributed by atoms with van der Waals surface area (Å²) in [6.45, 7) is 4.78. The number of aromatic nitrogens is 2. The highest BCUT2D eigenvalue weighted by atomic mass is 16.5. The highest BCUT2D eigenvalue weighted by molar-refractivity contribution is 5.35. The summed E-state index contributed by atoms with van der Waals surface area (Å²) in [6.07, 6.45) is 2.65. The molecular weight excluding hydrogens is 266 g/mol. The molecule has 1 N–H and O–H groups in total. The third-order valence-electron chi connectivity index (χ3n) is 3.05. The van der Waals surface area contributed by atoms with Crippen molar-refractivity contribution in [3.05, 3.63) is 42.1 Å². The number of methoxy groups -OCH3 is 1. The van der Waals surface area contributed by atoms with Gasteiger partial charge >= 0.3 is 0 Å². The van der Waals surface area contributed by atoms with Crippen molar-refractivity contribution >= 4 is 5.95 Å². The van der Waals surface area contributed by atoms with Crippen LogP contribution in [0.5, 0.6) is 11.6 Å². The summed E-state index contributed by atoms with van der Waals surface area (Å²) in [5.74, 6) is 2.00. The van der Waals surface area contributed by atoms with Crippen LogP contribution in [0.2, 0.25) is 0 Å². The van der Waals surface area contributed by atoms with Gasteiger partial charge in [-0.2, -0.15) is 4.98 Å². The Kier molecular flexibility index (Phi) is 5.37. The Balaban J connectivity index is 2.02. The van der Waals surface area contributed by atoms with E-state index in [4.69, 9.17) is 9.47 Å². The van der Waals surface area contributed by atoms with Crippen LogP contribution in [-0.4, -0.2) is 23.7 Å². The minimum atomic E-state index is 0.0948. The largest absolute Gasteiger partial charge is 0.497 e. The Hall–Kier alpha value is -2.30. The molecule has 0 saturated heterocycles. The summed E-state index contributed by atoms with van der Waals surface area (Å²) >= 11 is 0. The lowest BCUT2D eigenvalue weighted by atomic mass is 10.1. The van der Waals surface area contributed by atoms with Gasteiger partial charge in [0.25, 0.3) is 0 Å². The molecule has 112 valence electrons. The second-order valence-electron chi connectivity index (χ2n) is 4.71. The molecule has 1 unspecified atom stereocenters. The quantitative estimate of drug-likeness (QED) is 0.845. The Labute approximate surface area is 125 Å². The van der Waals surface area contributed by atoms with Crippen molar-refractivity contribution in [1.29, 1.82) is 0 Å². The van der Waals surface area contributed by atoms with Gasteiger partial charge in [-0.3, -0.25) is 0 Å². The molecule has 1 heterocycles. The van der Waals surface area contributed by atoms with Crippen molar-refractivity contribution in [3.8, 4) is 11.6 Å². The van der Waals surface area contributed by atoms with Crippen LogP contribution < -0.4 is 14.8 Å². The first kappa shape index (κ1) is 15.1. The average Bonchev–Trinajstić information content (AvgIpc) is 2.53. The van der Waals surface area contributed by atoms with Crippen LogP contribution in [0.4, 0.5) is 5.95 Å². The Morgan fingerprint density at radius 3 is 2.62 bits per heavy atom. The van der Waals surface area contributed by atoms with E-state index in [0.717, 1.165) is 17.7 Å². The fourth-order valence-electron chi connectivity index (χ4n) is 1.87. The lowest BCUT2D eigenvalue weighted by Gasteiger charge is -2.15. The van der Waals surface area contributed by atoms with E-state index >= 15 is 0 Å². The maximum absolute atomic E-state index is 5.51. The van der Waals surface area contributed by atoms with E-state index in [9.17, 15) is 0 Å². The van der Waals surface area contributed by atoms with E-state index in [1.54, 1.807) is 19.4 Å². The highest BCUT2D eigenvalue weighted by Gasteiger charge is 2.08. The zero-order valence-electron chi connectivity index (χ0n) is 12.7. The van der Waals surface area contributed by atoms with Crippen molar-refractivity contribution in [2.45, 2.75) is 26.3 Å². The van der Waals surface area contributed by atoms with Gasteiger partial charge in [0.15, 0.2) is 0 Å². The van der Waals surface area contributed by atoms with Crippen molar-refractivity contribution in [2.24, 2.45) is 0 Å². The monoisotopic (exact) mass is 287 g/mol. The second-order valence-corrected chi connectivity index (χ2v) is 4.71. The molecule has 0 fully saturated rings. The number of ether oxygens (including phenoxy) is 2. The maximum Gasteiger partial charge on any atom is 0.226 e. The zero-order chi connectivity index (χ0) is 15.1. The van der Waals surface area contributed by atoms with Crippen LogP contribution >= 0.6 is 0 Å². The SMILES string of the molecule is CCCOc1ccnc(NC(C)c2ccc(OC)cc2)n1. The van der Waals surface area contributed by atoms with Crippen LogP contribution in [0, 0.1) is 0 Å². The van der Waals surface area contributed by atoms with Gasteiger partial charge in [-0.05, 0) is 31.0 Å². The predicted molar refractivity (Wildman–Crippen MR) is 82.8 cm³/mol. The van der Waals surface area contributed by atoms with E-state index in [1.807, 2.05) is 24.3 Å². The van der Waals surface area contributed by atoms with Crippen LogP contribution in [0.25, 0.3) is 0 Å². The number of hydrogen-bond acceptors (Lipinski definition) is 5. The van der Waals surface area contributed by atoms with Gasteiger partial charge in [-0.25, -0.2) is 4.98 Å². The molecular formula is C16H21N3O2. The van der Waals surface area contributed by atoms with Gasteiger partial charge in [-0.1, -0.05) is 19.1 Å². The molecule has 0 aliphatic heterocycles. The van der Waals surface area contributed by atoms with E-state index in [-0.39, 0.29) is 6.04 Å². The molecule has 0 radical (unpaired) electrons. The smallest absolute Gasteiger partial charge is 0.226 e. The van der Waals surface area contributed by atoms with E-state index in [0.29, 0.717) is 18.4 Å². The van der Waals surface area contributed by atoms with E-state index in [2.05, 4.69) is 29.1 Å². The molecule has 0 bridgehead atoms. The Morgan fingerprint density at radius 2 is 1.95 bits per heavy atom. The van der Waals surface area contributed by atoms with Crippen molar-refractivity contribution < 1.29 is 9.47 Å². The number of anilines is 1. The highest BCUT2D eigenvalue weighted by Crippen LogP contribution is 2.20. The third kappa shape index (κ3) is 4.34. The molecule has 1 atom stereocenters. The maximum atomic E-state index is 5.51. The lowest BCUT2D eigenvalue weighted by molar-refractivity contribution is 0.305. The fourth-order valence-corrected chi connectivity index (χ4v) is 1.87. The van der Waals surface area contributed by atoms with Crippen molar-refractivity contribution in [2.75, 3.05) is 19.0 Å².